The third-order valence-corrected chi connectivity index (χ3v) is 3.97. The van der Waals surface area contributed by atoms with Gasteiger partial charge in [0.05, 0.1) is 6.61 Å². The van der Waals surface area contributed by atoms with Crippen molar-refractivity contribution in [2.24, 2.45) is 11.8 Å². The number of amides is 1. The lowest BCUT2D eigenvalue weighted by Gasteiger charge is -2.30. The van der Waals surface area contributed by atoms with Crippen LogP contribution in [-0.2, 0) is 9.53 Å². The number of nitrogens with zero attached hydrogens (tertiary/aromatic N) is 1. The highest BCUT2D eigenvalue weighted by Crippen LogP contribution is 2.28. The number of hydrogen-bond donors (Lipinski definition) is 1. The molecule has 1 amide bonds. The first-order chi connectivity index (χ1) is 8.66. The van der Waals surface area contributed by atoms with Crippen LogP contribution in [0.5, 0.6) is 0 Å². The SMILES string of the molecule is C[C@H]1C[C@@H](C(=O)N(C)CCOCC2CC2)CCN1. The maximum atomic E-state index is 12.2. The molecule has 0 radical (unpaired) electrons. The molecule has 1 saturated heterocycles. The molecular formula is C14H26N2O2. The predicted molar refractivity (Wildman–Crippen MR) is 71.4 cm³/mol. The standard InChI is InChI=1S/C14H26N2O2/c1-11-9-13(5-6-15-11)14(17)16(2)7-8-18-10-12-3-4-12/h11-13,15H,3-10H2,1-2H3/t11-,13-/m0/s1. The van der Waals surface area contributed by atoms with Crippen LogP contribution in [0.3, 0.4) is 0 Å². The third-order valence-electron chi connectivity index (χ3n) is 3.97. The molecule has 1 aliphatic heterocycles. The van der Waals surface area contributed by atoms with Crippen molar-refractivity contribution in [1.82, 2.24) is 10.2 Å². The summed E-state index contributed by atoms with van der Waals surface area (Å²) in [5.41, 5.74) is 0. The van der Waals surface area contributed by atoms with E-state index < -0.39 is 0 Å². The van der Waals surface area contributed by atoms with Crippen molar-refractivity contribution in [3.63, 3.8) is 0 Å². The molecule has 0 unspecified atom stereocenters. The van der Waals surface area contributed by atoms with Gasteiger partial charge in [-0.15, -0.1) is 0 Å². The minimum absolute atomic E-state index is 0.203. The van der Waals surface area contributed by atoms with Crippen molar-refractivity contribution in [2.45, 2.75) is 38.6 Å². The molecule has 0 bridgehead atoms. The van der Waals surface area contributed by atoms with E-state index in [9.17, 15) is 4.79 Å². The predicted octanol–water partition coefficient (Wildman–Crippen LogP) is 1.26. The van der Waals surface area contributed by atoms with Crippen LogP contribution in [-0.4, -0.2) is 50.2 Å². The highest BCUT2D eigenvalue weighted by Gasteiger charge is 2.27. The van der Waals surface area contributed by atoms with E-state index in [1.54, 1.807) is 0 Å². The van der Waals surface area contributed by atoms with Gasteiger partial charge in [0.25, 0.3) is 0 Å². The Labute approximate surface area is 110 Å². The van der Waals surface area contributed by atoms with Gasteiger partial charge in [-0.1, -0.05) is 0 Å². The normalized spacial score (nSPS) is 28.1. The average Bonchev–Trinajstić information content (AvgIpc) is 3.17. The zero-order chi connectivity index (χ0) is 13.0. The Kier molecular flexibility index (Phi) is 5.01. The molecule has 0 aromatic carbocycles. The van der Waals surface area contributed by atoms with Crippen LogP contribution in [0.1, 0.15) is 32.6 Å². The molecule has 4 nitrogen and oxygen atoms in total. The largest absolute Gasteiger partial charge is 0.379 e. The van der Waals surface area contributed by atoms with E-state index in [0.29, 0.717) is 18.6 Å². The number of carbonyl (C=O) groups is 1. The summed E-state index contributed by atoms with van der Waals surface area (Å²) >= 11 is 0. The van der Waals surface area contributed by atoms with Gasteiger partial charge in [0, 0.05) is 32.2 Å². The lowest BCUT2D eigenvalue weighted by molar-refractivity contribution is -0.136. The maximum absolute atomic E-state index is 12.2. The molecule has 2 atom stereocenters. The van der Waals surface area contributed by atoms with Crippen LogP contribution in [0.15, 0.2) is 0 Å². The van der Waals surface area contributed by atoms with Crippen molar-refractivity contribution in [3.8, 4) is 0 Å². The summed E-state index contributed by atoms with van der Waals surface area (Å²) < 4.78 is 5.58. The van der Waals surface area contributed by atoms with E-state index in [1.165, 1.54) is 12.8 Å². The number of piperidine rings is 1. The number of rotatable bonds is 6. The molecular weight excluding hydrogens is 228 g/mol. The smallest absolute Gasteiger partial charge is 0.225 e. The summed E-state index contributed by atoms with van der Waals surface area (Å²) in [6, 6.07) is 0.465. The summed E-state index contributed by atoms with van der Waals surface area (Å²) in [5, 5.41) is 3.38. The summed E-state index contributed by atoms with van der Waals surface area (Å²) in [4.78, 5) is 14.1. The van der Waals surface area contributed by atoms with Gasteiger partial charge < -0.3 is 15.0 Å². The van der Waals surface area contributed by atoms with E-state index in [4.69, 9.17) is 4.74 Å². The Bertz CT molecular complexity index is 279. The molecule has 1 saturated carbocycles. The van der Waals surface area contributed by atoms with Crippen molar-refractivity contribution in [3.05, 3.63) is 0 Å². The minimum Gasteiger partial charge on any atom is -0.379 e. The van der Waals surface area contributed by atoms with Crippen LogP contribution in [0.25, 0.3) is 0 Å². The fourth-order valence-electron chi connectivity index (χ4n) is 2.51. The number of carbonyl (C=O) groups excluding carboxylic acids is 1. The Morgan fingerprint density at radius 2 is 2.17 bits per heavy atom. The molecule has 104 valence electrons. The fraction of sp³-hybridized carbons (Fsp3) is 0.929. The highest BCUT2D eigenvalue weighted by molar-refractivity contribution is 5.78. The molecule has 1 heterocycles. The van der Waals surface area contributed by atoms with Gasteiger partial charge in [-0.2, -0.15) is 0 Å². The van der Waals surface area contributed by atoms with Gasteiger partial charge in [0.2, 0.25) is 5.91 Å². The van der Waals surface area contributed by atoms with Crippen LogP contribution >= 0.6 is 0 Å². The van der Waals surface area contributed by atoms with E-state index in [-0.39, 0.29) is 5.92 Å². The Hall–Kier alpha value is -0.610. The molecule has 2 fully saturated rings. The van der Waals surface area contributed by atoms with Crippen LogP contribution in [0.4, 0.5) is 0 Å². The van der Waals surface area contributed by atoms with Crippen molar-refractivity contribution < 1.29 is 9.53 Å². The van der Waals surface area contributed by atoms with E-state index in [2.05, 4.69) is 12.2 Å². The van der Waals surface area contributed by atoms with Gasteiger partial charge in [-0.25, -0.2) is 0 Å². The molecule has 0 aromatic rings. The van der Waals surface area contributed by atoms with Crippen LogP contribution in [0.2, 0.25) is 0 Å². The molecule has 4 heteroatoms. The monoisotopic (exact) mass is 254 g/mol. The van der Waals surface area contributed by atoms with E-state index >= 15 is 0 Å². The molecule has 1 aliphatic carbocycles. The van der Waals surface area contributed by atoms with Gasteiger partial charge in [0.1, 0.15) is 0 Å². The lowest BCUT2D eigenvalue weighted by atomic mass is 9.92. The lowest BCUT2D eigenvalue weighted by Crippen LogP contribution is -2.43. The molecule has 1 N–H and O–H groups in total. The Morgan fingerprint density at radius 1 is 1.39 bits per heavy atom. The molecule has 0 spiro atoms. The van der Waals surface area contributed by atoms with Crippen LogP contribution < -0.4 is 5.32 Å². The fourth-order valence-corrected chi connectivity index (χ4v) is 2.51. The van der Waals surface area contributed by atoms with Crippen molar-refractivity contribution >= 4 is 5.91 Å². The molecule has 18 heavy (non-hydrogen) atoms. The van der Waals surface area contributed by atoms with Crippen molar-refractivity contribution in [2.75, 3.05) is 33.4 Å². The summed E-state index contributed by atoms with van der Waals surface area (Å²) in [7, 11) is 1.90. The first-order valence-electron chi connectivity index (χ1n) is 7.23. The van der Waals surface area contributed by atoms with Gasteiger partial charge in [0.15, 0.2) is 0 Å². The number of ether oxygens (including phenoxy) is 1. The first kappa shape index (κ1) is 13.8. The van der Waals surface area contributed by atoms with Gasteiger partial charge in [-0.3, -0.25) is 4.79 Å². The zero-order valence-corrected chi connectivity index (χ0v) is 11.7. The second kappa shape index (κ2) is 6.53. The second-order valence-corrected chi connectivity index (χ2v) is 5.85. The number of hydrogen-bond acceptors (Lipinski definition) is 3. The molecule has 0 aromatic heterocycles. The van der Waals surface area contributed by atoms with E-state index in [1.807, 2.05) is 11.9 Å². The van der Waals surface area contributed by atoms with Crippen LogP contribution in [0, 0.1) is 11.8 Å². The average molecular weight is 254 g/mol. The molecule has 2 rings (SSSR count). The second-order valence-electron chi connectivity index (χ2n) is 5.85. The van der Waals surface area contributed by atoms with Crippen molar-refractivity contribution in [1.29, 1.82) is 0 Å². The summed E-state index contributed by atoms with van der Waals surface area (Å²) in [5.74, 6) is 1.30. The number of likely N-dealkylation sites (N-methyl/N-ethyl adjacent to an activating group) is 1. The zero-order valence-electron chi connectivity index (χ0n) is 11.7. The highest BCUT2D eigenvalue weighted by atomic mass is 16.5. The first-order valence-corrected chi connectivity index (χ1v) is 7.23. The Balaban J connectivity index is 1.63. The quantitative estimate of drug-likeness (QED) is 0.726. The van der Waals surface area contributed by atoms with E-state index in [0.717, 1.165) is 38.5 Å². The number of nitrogens with one attached hydrogen (secondary N) is 1. The topological polar surface area (TPSA) is 41.6 Å². The van der Waals surface area contributed by atoms with Gasteiger partial charge >= 0.3 is 0 Å². The Morgan fingerprint density at radius 3 is 2.83 bits per heavy atom. The maximum Gasteiger partial charge on any atom is 0.225 e. The minimum atomic E-state index is 0.203. The van der Waals surface area contributed by atoms with Gasteiger partial charge in [-0.05, 0) is 45.1 Å². The summed E-state index contributed by atoms with van der Waals surface area (Å²) in [6.45, 7) is 5.40. The summed E-state index contributed by atoms with van der Waals surface area (Å²) in [6.07, 6.45) is 4.58. The molecule has 2 aliphatic rings. The third kappa shape index (κ3) is 4.25.